The fourth-order valence-electron chi connectivity index (χ4n) is 2.93. The van der Waals surface area contributed by atoms with E-state index < -0.39 is 0 Å². The lowest BCUT2D eigenvalue weighted by atomic mass is 10.0. The van der Waals surface area contributed by atoms with Crippen molar-refractivity contribution in [1.82, 2.24) is 4.57 Å². The molecule has 0 bridgehead atoms. The van der Waals surface area contributed by atoms with E-state index >= 15 is 0 Å². The summed E-state index contributed by atoms with van der Waals surface area (Å²) in [5, 5.41) is 0. The number of hydrogen-bond donors (Lipinski definition) is 0. The predicted octanol–water partition coefficient (Wildman–Crippen LogP) is 5.91. The molecule has 0 radical (unpaired) electrons. The Morgan fingerprint density at radius 3 is 1.82 bits per heavy atom. The molecule has 0 aliphatic heterocycles. The molecule has 22 heavy (non-hydrogen) atoms. The summed E-state index contributed by atoms with van der Waals surface area (Å²) >= 11 is 0. The Labute approximate surface area is 138 Å². The van der Waals surface area contributed by atoms with E-state index in [-0.39, 0.29) is 0 Å². The summed E-state index contributed by atoms with van der Waals surface area (Å²) in [7, 11) is 0. The number of hydrogen-bond acceptors (Lipinski definition) is 0. The van der Waals surface area contributed by atoms with Crippen molar-refractivity contribution in [2.75, 3.05) is 0 Å². The lowest BCUT2D eigenvalue weighted by Crippen LogP contribution is -2.31. The van der Waals surface area contributed by atoms with Crippen LogP contribution in [0.5, 0.6) is 0 Å². The van der Waals surface area contributed by atoms with Gasteiger partial charge in [-0.05, 0) is 32.6 Å². The van der Waals surface area contributed by atoms with Gasteiger partial charge in [-0.2, -0.15) is 0 Å². The molecule has 128 valence electrons. The summed E-state index contributed by atoms with van der Waals surface area (Å²) in [6, 6.07) is 0.571. The van der Waals surface area contributed by atoms with E-state index in [1.165, 1.54) is 70.8 Å². The first-order valence-corrected chi connectivity index (χ1v) is 9.66. The van der Waals surface area contributed by atoms with Gasteiger partial charge < -0.3 is 0 Å². The summed E-state index contributed by atoms with van der Waals surface area (Å²) in [4.78, 5) is 0. The lowest BCUT2D eigenvalue weighted by molar-refractivity contribution is -0.697. The molecule has 0 aliphatic carbocycles. The van der Waals surface area contributed by atoms with Crippen LogP contribution >= 0.6 is 0 Å². The van der Waals surface area contributed by atoms with Gasteiger partial charge in [-0.15, -0.1) is 0 Å². The van der Waals surface area contributed by atoms with Crippen molar-refractivity contribution in [2.24, 2.45) is 5.92 Å². The van der Waals surface area contributed by atoms with Gasteiger partial charge in [-0.3, -0.25) is 0 Å². The van der Waals surface area contributed by atoms with Gasteiger partial charge in [0.15, 0.2) is 0 Å². The molecule has 0 N–H and O–H groups in total. The minimum atomic E-state index is 0.571. The first kappa shape index (κ1) is 19.3. The highest BCUT2D eigenvalue weighted by molar-refractivity contribution is 4.69. The van der Waals surface area contributed by atoms with E-state index in [4.69, 9.17) is 0 Å². The molecule has 1 heterocycles. The van der Waals surface area contributed by atoms with Crippen molar-refractivity contribution in [3.8, 4) is 0 Å². The molecular formula is C20H39N2+. The van der Waals surface area contributed by atoms with E-state index in [2.05, 4.69) is 55.6 Å². The third-order valence-corrected chi connectivity index (χ3v) is 4.51. The summed E-state index contributed by atoms with van der Waals surface area (Å²) in [6.07, 6.45) is 20.8. The molecule has 2 heteroatoms. The van der Waals surface area contributed by atoms with Crippen molar-refractivity contribution in [3.05, 3.63) is 18.7 Å². The number of unbranched alkanes of at least 4 members (excludes halogenated alkanes) is 8. The SMILES string of the molecule is CC(C)CCCCCCCCCCC[n+]1ccn(C(C)C)c1. The second-order valence-electron chi connectivity index (χ2n) is 7.56. The van der Waals surface area contributed by atoms with Crippen LogP contribution in [0.25, 0.3) is 0 Å². The van der Waals surface area contributed by atoms with Crippen LogP contribution < -0.4 is 4.57 Å². The van der Waals surface area contributed by atoms with Crippen LogP contribution in [0.2, 0.25) is 0 Å². The Morgan fingerprint density at radius 1 is 0.773 bits per heavy atom. The Bertz CT molecular complexity index is 366. The Morgan fingerprint density at radius 2 is 1.32 bits per heavy atom. The highest BCUT2D eigenvalue weighted by Gasteiger charge is 2.06. The van der Waals surface area contributed by atoms with Gasteiger partial charge in [0.1, 0.15) is 12.4 Å². The molecule has 0 spiro atoms. The first-order valence-electron chi connectivity index (χ1n) is 9.66. The van der Waals surface area contributed by atoms with Crippen molar-refractivity contribution in [3.63, 3.8) is 0 Å². The van der Waals surface area contributed by atoms with Crippen LogP contribution in [0, 0.1) is 5.92 Å². The van der Waals surface area contributed by atoms with Crippen LogP contribution in [-0.2, 0) is 6.54 Å². The Hall–Kier alpha value is -0.790. The van der Waals surface area contributed by atoms with E-state index in [1.54, 1.807) is 0 Å². The molecule has 1 aromatic rings. The molecular weight excluding hydrogens is 268 g/mol. The van der Waals surface area contributed by atoms with Crippen molar-refractivity contribution >= 4 is 0 Å². The first-order chi connectivity index (χ1) is 10.6. The summed E-state index contributed by atoms with van der Waals surface area (Å²) in [5.74, 6) is 0.885. The van der Waals surface area contributed by atoms with Gasteiger partial charge in [-0.1, -0.05) is 65.2 Å². The van der Waals surface area contributed by atoms with Gasteiger partial charge >= 0.3 is 0 Å². The average molecular weight is 308 g/mol. The van der Waals surface area contributed by atoms with Crippen molar-refractivity contribution < 1.29 is 4.57 Å². The van der Waals surface area contributed by atoms with Gasteiger partial charge in [0.2, 0.25) is 6.33 Å². The zero-order valence-corrected chi connectivity index (χ0v) is 15.6. The zero-order chi connectivity index (χ0) is 16.2. The summed E-state index contributed by atoms with van der Waals surface area (Å²) in [5.41, 5.74) is 0. The number of imidazole rings is 1. The maximum absolute atomic E-state index is 2.33. The minimum Gasteiger partial charge on any atom is -0.237 e. The third-order valence-electron chi connectivity index (χ3n) is 4.51. The average Bonchev–Trinajstić information content (AvgIpc) is 2.93. The van der Waals surface area contributed by atoms with E-state index in [0.29, 0.717) is 6.04 Å². The van der Waals surface area contributed by atoms with E-state index in [0.717, 1.165) is 5.92 Å². The second kappa shape index (κ2) is 11.7. The highest BCUT2D eigenvalue weighted by atomic mass is 15.1. The maximum atomic E-state index is 2.33. The number of aryl methyl sites for hydroxylation is 1. The topological polar surface area (TPSA) is 8.81 Å². The van der Waals surface area contributed by atoms with Gasteiger partial charge in [0.05, 0.1) is 12.6 Å². The van der Waals surface area contributed by atoms with Crippen LogP contribution in [0.15, 0.2) is 18.7 Å². The smallest absolute Gasteiger partial charge is 0.237 e. The molecule has 0 fully saturated rings. The maximum Gasteiger partial charge on any atom is 0.243 e. The molecule has 0 saturated carbocycles. The predicted molar refractivity (Wildman–Crippen MR) is 96.0 cm³/mol. The van der Waals surface area contributed by atoms with Crippen molar-refractivity contribution in [2.45, 2.75) is 104 Å². The fraction of sp³-hybridized carbons (Fsp3) is 0.850. The van der Waals surface area contributed by atoms with Crippen LogP contribution in [0.4, 0.5) is 0 Å². The lowest BCUT2D eigenvalue weighted by Gasteiger charge is -2.04. The van der Waals surface area contributed by atoms with Crippen LogP contribution in [0.1, 0.15) is 97.9 Å². The molecule has 1 rings (SSSR count). The fourth-order valence-corrected chi connectivity index (χ4v) is 2.93. The highest BCUT2D eigenvalue weighted by Crippen LogP contribution is 2.13. The monoisotopic (exact) mass is 307 g/mol. The van der Waals surface area contributed by atoms with Crippen LogP contribution in [0.3, 0.4) is 0 Å². The third kappa shape index (κ3) is 9.27. The quantitative estimate of drug-likeness (QED) is 0.316. The number of rotatable bonds is 13. The number of nitrogens with zero attached hydrogens (tertiary/aromatic N) is 2. The van der Waals surface area contributed by atoms with E-state index in [9.17, 15) is 0 Å². The van der Waals surface area contributed by atoms with Crippen LogP contribution in [-0.4, -0.2) is 4.57 Å². The molecule has 0 atom stereocenters. The molecule has 1 aromatic heterocycles. The molecule has 0 unspecified atom stereocenters. The van der Waals surface area contributed by atoms with Crippen molar-refractivity contribution in [1.29, 1.82) is 0 Å². The standard InChI is InChI=1S/C20H39N2/c1-19(2)14-12-10-8-6-5-7-9-11-13-15-21-16-17-22(18-21)20(3)4/h16-20H,5-15H2,1-4H3/q+1. The molecule has 2 nitrogen and oxygen atoms in total. The number of aromatic nitrogens is 2. The largest absolute Gasteiger partial charge is 0.243 e. The summed E-state index contributed by atoms with van der Waals surface area (Å²) in [6.45, 7) is 10.3. The van der Waals surface area contributed by atoms with Gasteiger partial charge in [0, 0.05) is 0 Å². The van der Waals surface area contributed by atoms with Gasteiger partial charge in [-0.25, -0.2) is 9.13 Å². The molecule has 0 aliphatic rings. The molecule has 0 aromatic carbocycles. The normalized spacial score (nSPS) is 11.7. The molecule has 0 amide bonds. The zero-order valence-electron chi connectivity index (χ0n) is 15.6. The Balaban J connectivity index is 1.87. The Kier molecular flexibility index (Phi) is 10.3. The van der Waals surface area contributed by atoms with E-state index in [1.807, 2.05) is 0 Å². The minimum absolute atomic E-state index is 0.571. The summed E-state index contributed by atoms with van der Waals surface area (Å²) < 4.78 is 4.61. The second-order valence-corrected chi connectivity index (χ2v) is 7.56. The molecule has 0 saturated heterocycles. The van der Waals surface area contributed by atoms with Gasteiger partial charge in [0.25, 0.3) is 0 Å².